The third-order valence-electron chi connectivity index (χ3n) is 4.90. The van der Waals surface area contributed by atoms with Gasteiger partial charge < -0.3 is 10.3 Å². The monoisotopic (exact) mass is 270 g/mol. The van der Waals surface area contributed by atoms with Crippen LogP contribution in [-0.4, -0.2) is 16.9 Å². The molecule has 20 heavy (non-hydrogen) atoms. The van der Waals surface area contributed by atoms with Crippen molar-refractivity contribution in [1.29, 1.82) is 0 Å². The van der Waals surface area contributed by atoms with E-state index >= 15 is 0 Å². The molecule has 1 heterocycles. The first-order valence-electron chi connectivity index (χ1n) is 7.57. The predicted octanol–water partition coefficient (Wildman–Crippen LogP) is 3.72. The molecule has 3 unspecified atom stereocenters. The van der Waals surface area contributed by atoms with E-state index in [1.165, 1.54) is 12.8 Å². The van der Waals surface area contributed by atoms with E-state index in [2.05, 4.69) is 24.1 Å². The van der Waals surface area contributed by atoms with Crippen LogP contribution in [0.1, 0.15) is 43.5 Å². The minimum absolute atomic E-state index is 0.0478. The normalized spacial score (nSPS) is 26.0. The van der Waals surface area contributed by atoms with Gasteiger partial charge in [-0.25, -0.2) is 0 Å². The quantitative estimate of drug-likeness (QED) is 0.877. The SMILES string of the molecule is CCC1CCC(NC(=O)c2cccc3cc[nH]c23)C1C. The van der Waals surface area contributed by atoms with Crippen LogP contribution in [0, 0.1) is 11.8 Å². The molecule has 3 rings (SSSR count). The van der Waals surface area contributed by atoms with Crippen LogP contribution in [-0.2, 0) is 0 Å². The second-order valence-corrected chi connectivity index (χ2v) is 5.93. The van der Waals surface area contributed by atoms with Crippen molar-refractivity contribution in [3.63, 3.8) is 0 Å². The largest absolute Gasteiger partial charge is 0.361 e. The molecular weight excluding hydrogens is 248 g/mol. The number of hydrogen-bond acceptors (Lipinski definition) is 1. The zero-order chi connectivity index (χ0) is 14.1. The summed E-state index contributed by atoms with van der Waals surface area (Å²) in [5, 5.41) is 4.32. The maximum atomic E-state index is 12.5. The van der Waals surface area contributed by atoms with Crippen molar-refractivity contribution in [2.75, 3.05) is 0 Å². The van der Waals surface area contributed by atoms with Gasteiger partial charge in [0.25, 0.3) is 5.91 Å². The Kier molecular flexibility index (Phi) is 3.51. The van der Waals surface area contributed by atoms with Crippen molar-refractivity contribution < 1.29 is 4.79 Å². The molecule has 2 N–H and O–H groups in total. The molecular formula is C17H22N2O. The summed E-state index contributed by atoms with van der Waals surface area (Å²) in [5.74, 6) is 1.38. The molecule has 0 aliphatic heterocycles. The zero-order valence-corrected chi connectivity index (χ0v) is 12.1. The molecule has 1 fully saturated rings. The van der Waals surface area contributed by atoms with Gasteiger partial charge in [-0.3, -0.25) is 4.79 Å². The van der Waals surface area contributed by atoms with Gasteiger partial charge in [0, 0.05) is 17.6 Å². The fourth-order valence-corrected chi connectivity index (χ4v) is 3.55. The average Bonchev–Trinajstić information content (AvgIpc) is 3.06. The third kappa shape index (κ3) is 2.21. The van der Waals surface area contributed by atoms with Crippen molar-refractivity contribution in [2.24, 2.45) is 11.8 Å². The number of benzene rings is 1. The Balaban J connectivity index is 1.78. The highest BCUT2D eigenvalue weighted by atomic mass is 16.1. The second-order valence-electron chi connectivity index (χ2n) is 5.93. The summed E-state index contributed by atoms with van der Waals surface area (Å²) < 4.78 is 0. The first-order valence-corrected chi connectivity index (χ1v) is 7.57. The summed E-state index contributed by atoms with van der Waals surface area (Å²) in [6, 6.07) is 8.17. The third-order valence-corrected chi connectivity index (χ3v) is 4.90. The Morgan fingerprint density at radius 2 is 2.20 bits per heavy atom. The van der Waals surface area contributed by atoms with E-state index in [1.54, 1.807) is 0 Å². The van der Waals surface area contributed by atoms with E-state index in [-0.39, 0.29) is 5.91 Å². The van der Waals surface area contributed by atoms with Gasteiger partial charge in [-0.2, -0.15) is 0 Å². The molecule has 1 amide bonds. The van der Waals surface area contributed by atoms with Gasteiger partial charge >= 0.3 is 0 Å². The van der Waals surface area contributed by atoms with E-state index in [1.807, 2.05) is 30.5 Å². The van der Waals surface area contributed by atoms with Crippen LogP contribution in [0.15, 0.2) is 30.5 Å². The number of carbonyl (C=O) groups excluding carboxylic acids is 1. The van der Waals surface area contributed by atoms with Crippen LogP contribution in [0.5, 0.6) is 0 Å². The summed E-state index contributed by atoms with van der Waals surface area (Å²) >= 11 is 0. The highest BCUT2D eigenvalue weighted by Crippen LogP contribution is 2.34. The van der Waals surface area contributed by atoms with Crippen molar-refractivity contribution in [3.05, 3.63) is 36.0 Å². The van der Waals surface area contributed by atoms with E-state index in [4.69, 9.17) is 0 Å². The Hall–Kier alpha value is -1.77. The fourth-order valence-electron chi connectivity index (χ4n) is 3.55. The van der Waals surface area contributed by atoms with Crippen molar-refractivity contribution >= 4 is 16.8 Å². The molecule has 3 heteroatoms. The van der Waals surface area contributed by atoms with E-state index in [0.717, 1.165) is 28.8 Å². The molecule has 3 atom stereocenters. The molecule has 1 saturated carbocycles. The smallest absolute Gasteiger partial charge is 0.253 e. The molecule has 106 valence electrons. The number of nitrogens with one attached hydrogen (secondary N) is 2. The zero-order valence-electron chi connectivity index (χ0n) is 12.1. The van der Waals surface area contributed by atoms with Crippen LogP contribution in [0.3, 0.4) is 0 Å². The van der Waals surface area contributed by atoms with Crippen molar-refractivity contribution in [1.82, 2.24) is 10.3 Å². The molecule has 1 aromatic carbocycles. The highest BCUT2D eigenvalue weighted by molar-refractivity contribution is 6.05. The number of rotatable bonds is 3. The van der Waals surface area contributed by atoms with E-state index < -0.39 is 0 Å². The Labute approximate surface area is 119 Å². The number of hydrogen-bond donors (Lipinski definition) is 2. The van der Waals surface area contributed by atoms with Gasteiger partial charge in [0.15, 0.2) is 0 Å². The summed E-state index contributed by atoms with van der Waals surface area (Å²) in [7, 11) is 0. The van der Waals surface area contributed by atoms with Gasteiger partial charge in [-0.1, -0.05) is 32.4 Å². The summed E-state index contributed by atoms with van der Waals surface area (Å²) in [4.78, 5) is 15.7. The number of aromatic nitrogens is 1. The number of H-pyrrole nitrogens is 1. The topological polar surface area (TPSA) is 44.9 Å². The minimum atomic E-state index is 0.0478. The minimum Gasteiger partial charge on any atom is -0.361 e. The van der Waals surface area contributed by atoms with Gasteiger partial charge in [-0.05, 0) is 36.8 Å². The molecule has 0 radical (unpaired) electrons. The molecule has 1 aliphatic carbocycles. The lowest BCUT2D eigenvalue weighted by molar-refractivity contribution is 0.0928. The predicted molar refractivity (Wildman–Crippen MR) is 81.7 cm³/mol. The van der Waals surface area contributed by atoms with Gasteiger partial charge in [0.05, 0.1) is 11.1 Å². The lowest BCUT2D eigenvalue weighted by Gasteiger charge is -2.21. The molecule has 3 nitrogen and oxygen atoms in total. The van der Waals surface area contributed by atoms with E-state index in [9.17, 15) is 4.79 Å². The first kappa shape index (κ1) is 13.2. The standard InChI is InChI=1S/C17H22N2O/c1-3-12-7-8-15(11(12)2)19-17(20)14-6-4-5-13-9-10-18-16(13)14/h4-6,9-12,15,18H,3,7-8H2,1-2H3,(H,19,20). The number of carbonyl (C=O) groups is 1. The summed E-state index contributed by atoms with van der Waals surface area (Å²) in [6.45, 7) is 4.51. The van der Waals surface area contributed by atoms with Crippen LogP contribution in [0.2, 0.25) is 0 Å². The van der Waals surface area contributed by atoms with Crippen LogP contribution in [0.4, 0.5) is 0 Å². The van der Waals surface area contributed by atoms with Gasteiger partial charge in [0.1, 0.15) is 0 Å². The summed E-state index contributed by atoms with van der Waals surface area (Å²) in [5.41, 5.74) is 1.68. The van der Waals surface area contributed by atoms with E-state index in [0.29, 0.717) is 12.0 Å². The number of fused-ring (bicyclic) bond motifs is 1. The van der Waals surface area contributed by atoms with Crippen LogP contribution >= 0.6 is 0 Å². The molecule has 0 spiro atoms. The molecule has 0 bridgehead atoms. The van der Waals surface area contributed by atoms with Gasteiger partial charge in [-0.15, -0.1) is 0 Å². The van der Waals surface area contributed by atoms with Crippen LogP contribution < -0.4 is 5.32 Å². The maximum Gasteiger partial charge on any atom is 0.253 e. The number of para-hydroxylation sites is 1. The van der Waals surface area contributed by atoms with Crippen molar-refractivity contribution in [2.45, 2.75) is 39.2 Å². The highest BCUT2D eigenvalue weighted by Gasteiger charge is 2.32. The molecule has 2 aromatic rings. The Morgan fingerprint density at radius 1 is 1.35 bits per heavy atom. The second kappa shape index (κ2) is 5.31. The maximum absolute atomic E-state index is 12.5. The average molecular weight is 270 g/mol. The first-order chi connectivity index (χ1) is 9.70. The lowest BCUT2D eigenvalue weighted by atomic mass is 9.93. The van der Waals surface area contributed by atoms with Crippen LogP contribution in [0.25, 0.3) is 10.9 Å². The lowest BCUT2D eigenvalue weighted by Crippen LogP contribution is -2.37. The van der Waals surface area contributed by atoms with Crippen molar-refractivity contribution in [3.8, 4) is 0 Å². The Morgan fingerprint density at radius 3 is 2.95 bits per heavy atom. The number of amides is 1. The molecule has 1 aromatic heterocycles. The summed E-state index contributed by atoms with van der Waals surface area (Å²) in [6.07, 6.45) is 5.42. The molecule has 0 saturated heterocycles. The van der Waals surface area contributed by atoms with Gasteiger partial charge in [0.2, 0.25) is 0 Å². The number of aromatic amines is 1. The molecule has 1 aliphatic rings. The Bertz CT molecular complexity index is 616. The fraction of sp³-hybridized carbons (Fsp3) is 0.471.